The van der Waals surface area contributed by atoms with Crippen LogP contribution in [0.2, 0.25) is 0 Å². The molecule has 0 bridgehead atoms. The molecule has 2 heteroatoms. The zero-order valence-corrected chi connectivity index (χ0v) is 6.34. The fraction of sp³-hybridized carbons (Fsp3) is 0.875. The van der Waals surface area contributed by atoms with Gasteiger partial charge in [-0.2, -0.15) is 0 Å². The van der Waals surface area contributed by atoms with Crippen molar-refractivity contribution in [2.45, 2.75) is 32.6 Å². The topological polar surface area (TPSA) is 37.3 Å². The second-order valence-corrected chi connectivity index (χ2v) is 3.27. The summed E-state index contributed by atoms with van der Waals surface area (Å²) < 4.78 is 0. The van der Waals surface area contributed by atoms with Crippen molar-refractivity contribution in [3.8, 4) is 0 Å². The van der Waals surface area contributed by atoms with Crippen LogP contribution in [0.15, 0.2) is 0 Å². The van der Waals surface area contributed by atoms with Gasteiger partial charge in [-0.25, -0.2) is 0 Å². The van der Waals surface area contributed by atoms with Gasteiger partial charge in [0.25, 0.3) is 0 Å². The number of aliphatic carboxylic acids is 1. The van der Waals surface area contributed by atoms with Crippen molar-refractivity contribution < 1.29 is 9.90 Å². The van der Waals surface area contributed by atoms with Gasteiger partial charge in [-0.3, -0.25) is 4.79 Å². The molecule has 0 aromatic carbocycles. The molecule has 1 rings (SSSR count). The van der Waals surface area contributed by atoms with Crippen molar-refractivity contribution in [1.29, 1.82) is 0 Å². The number of carboxylic acid groups (broad SMARTS) is 1. The van der Waals surface area contributed by atoms with E-state index in [0.717, 1.165) is 6.42 Å². The van der Waals surface area contributed by atoms with E-state index in [1.54, 1.807) is 0 Å². The lowest BCUT2D eigenvalue weighted by Gasteiger charge is -2.10. The van der Waals surface area contributed by atoms with Gasteiger partial charge in [0.15, 0.2) is 0 Å². The Labute approximate surface area is 61.2 Å². The minimum atomic E-state index is -0.640. The minimum Gasteiger partial charge on any atom is -0.481 e. The smallest absolute Gasteiger partial charge is 0.303 e. The normalized spacial score (nSPS) is 32.5. The molecule has 0 heterocycles. The maximum atomic E-state index is 10.3. The Morgan fingerprint density at radius 3 is 2.70 bits per heavy atom. The van der Waals surface area contributed by atoms with Crippen LogP contribution in [0.3, 0.4) is 0 Å². The van der Waals surface area contributed by atoms with Crippen LogP contribution >= 0.6 is 0 Å². The molecule has 0 aliphatic heterocycles. The molecule has 0 aromatic rings. The molecule has 1 aliphatic carbocycles. The van der Waals surface area contributed by atoms with Gasteiger partial charge in [-0.15, -0.1) is 0 Å². The van der Waals surface area contributed by atoms with E-state index in [-0.39, 0.29) is 0 Å². The average molecular weight is 142 g/mol. The number of carbonyl (C=O) groups is 1. The summed E-state index contributed by atoms with van der Waals surface area (Å²) in [5.74, 6) is 0.451. The van der Waals surface area contributed by atoms with Crippen molar-refractivity contribution >= 4 is 5.97 Å². The second kappa shape index (κ2) is 3.04. The number of carboxylic acids is 1. The molecule has 1 fully saturated rings. The van der Waals surface area contributed by atoms with Gasteiger partial charge in [-0.05, 0) is 18.3 Å². The maximum absolute atomic E-state index is 10.3. The van der Waals surface area contributed by atoms with Crippen LogP contribution < -0.4 is 0 Å². The molecular weight excluding hydrogens is 128 g/mol. The first-order valence-electron chi connectivity index (χ1n) is 3.92. The van der Waals surface area contributed by atoms with E-state index >= 15 is 0 Å². The van der Waals surface area contributed by atoms with Crippen LogP contribution in [0.4, 0.5) is 0 Å². The molecule has 0 amide bonds. The summed E-state index contributed by atoms with van der Waals surface area (Å²) in [6.07, 6.45) is 3.94. The van der Waals surface area contributed by atoms with Crippen LogP contribution in [0.25, 0.3) is 0 Å². The largest absolute Gasteiger partial charge is 0.481 e. The standard InChI is InChI=1S/C8H14O2/c1-6-3-2-4-7(6)5-8(9)10/h6-7H,2-5H2,1H3,(H,9,10)/t6?,7-/m0/s1. The van der Waals surface area contributed by atoms with Crippen LogP contribution in [-0.2, 0) is 4.79 Å². The fourth-order valence-corrected chi connectivity index (χ4v) is 1.75. The van der Waals surface area contributed by atoms with Gasteiger partial charge in [0.05, 0.1) is 0 Å². The lowest BCUT2D eigenvalue weighted by molar-refractivity contribution is -0.138. The summed E-state index contributed by atoms with van der Waals surface area (Å²) in [6, 6.07) is 0. The number of hydrogen-bond donors (Lipinski definition) is 1. The first-order chi connectivity index (χ1) is 4.70. The lowest BCUT2D eigenvalue weighted by atomic mass is 9.95. The third kappa shape index (κ3) is 1.72. The summed E-state index contributed by atoms with van der Waals surface area (Å²) in [5.41, 5.74) is 0. The molecule has 1 aliphatic rings. The molecular formula is C8H14O2. The zero-order valence-electron chi connectivity index (χ0n) is 6.34. The number of hydrogen-bond acceptors (Lipinski definition) is 1. The Balaban J connectivity index is 2.33. The van der Waals surface area contributed by atoms with E-state index in [1.807, 2.05) is 0 Å². The van der Waals surface area contributed by atoms with Crippen LogP contribution in [0.5, 0.6) is 0 Å². The first kappa shape index (κ1) is 7.58. The van der Waals surface area contributed by atoms with Crippen molar-refractivity contribution in [1.82, 2.24) is 0 Å². The molecule has 0 saturated heterocycles. The van der Waals surface area contributed by atoms with Gasteiger partial charge in [-0.1, -0.05) is 19.8 Å². The molecule has 58 valence electrons. The predicted octanol–water partition coefficient (Wildman–Crippen LogP) is 1.90. The van der Waals surface area contributed by atoms with Gasteiger partial charge in [0.2, 0.25) is 0 Å². The Bertz CT molecular complexity index is 131. The third-order valence-electron chi connectivity index (χ3n) is 2.48. The van der Waals surface area contributed by atoms with E-state index in [0.29, 0.717) is 18.3 Å². The van der Waals surface area contributed by atoms with Crippen LogP contribution in [0, 0.1) is 11.8 Å². The Hall–Kier alpha value is -0.530. The highest BCUT2D eigenvalue weighted by Crippen LogP contribution is 2.33. The highest BCUT2D eigenvalue weighted by molar-refractivity contribution is 5.67. The average Bonchev–Trinajstić information content (AvgIpc) is 2.15. The molecule has 0 radical (unpaired) electrons. The van der Waals surface area contributed by atoms with Crippen molar-refractivity contribution in [3.05, 3.63) is 0 Å². The quantitative estimate of drug-likeness (QED) is 0.639. The molecule has 0 spiro atoms. The monoisotopic (exact) mass is 142 g/mol. The Morgan fingerprint density at radius 1 is 1.60 bits per heavy atom. The molecule has 1 unspecified atom stereocenters. The van der Waals surface area contributed by atoms with Crippen molar-refractivity contribution in [2.75, 3.05) is 0 Å². The molecule has 2 atom stereocenters. The summed E-state index contributed by atoms with van der Waals surface area (Å²) in [4.78, 5) is 10.3. The van der Waals surface area contributed by atoms with E-state index in [4.69, 9.17) is 5.11 Å². The highest BCUT2D eigenvalue weighted by atomic mass is 16.4. The van der Waals surface area contributed by atoms with Gasteiger partial charge < -0.3 is 5.11 Å². The molecule has 10 heavy (non-hydrogen) atoms. The van der Waals surface area contributed by atoms with Crippen molar-refractivity contribution in [2.24, 2.45) is 11.8 Å². The molecule has 0 aromatic heterocycles. The van der Waals surface area contributed by atoms with E-state index < -0.39 is 5.97 Å². The second-order valence-electron chi connectivity index (χ2n) is 3.27. The van der Waals surface area contributed by atoms with E-state index in [2.05, 4.69) is 6.92 Å². The summed E-state index contributed by atoms with van der Waals surface area (Å²) in [5, 5.41) is 8.49. The fourth-order valence-electron chi connectivity index (χ4n) is 1.75. The van der Waals surface area contributed by atoms with Gasteiger partial charge >= 0.3 is 5.97 Å². The minimum absolute atomic E-state index is 0.376. The Morgan fingerprint density at radius 2 is 2.30 bits per heavy atom. The van der Waals surface area contributed by atoms with E-state index in [1.165, 1.54) is 12.8 Å². The molecule has 1 saturated carbocycles. The zero-order chi connectivity index (χ0) is 7.56. The number of rotatable bonds is 2. The molecule has 2 nitrogen and oxygen atoms in total. The summed E-state index contributed by atoms with van der Waals surface area (Å²) in [7, 11) is 0. The van der Waals surface area contributed by atoms with Crippen LogP contribution in [0.1, 0.15) is 32.6 Å². The predicted molar refractivity (Wildman–Crippen MR) is 38.8 cm³/mol. The SMILES string of the molecule is CC1CCC[C@H]1CC(=O)O. The van der Waals surface area contributed by atoms with E-state index in [9.17, 15) is 4.79 Å². The Kier molecular flexibility index (Phi) is 2.30. The highest BCUT2D eigenvalue weighted by Gasteiger charge is 2.24. The first-order valence-corrected chi connectivity index (χ1v) is 3.92. The third-order valence-corrected chi connectivity index (χ3v) is 2.48. The lowest BCUT2D eigenvalue weighted by Crippen LogP contribution is -2.09. The van der Waals surface area contributed by atoms with Crippen molar-refractivity contribution in [3.63, 3.8) is 0 Å². The van der Waals surface area contributed by atoms with Gasteiger partial charge in [0, 0.05) is 6.42 Å². The summed E-state index contributed by atoms with van der Waals surface area (Å²) in [6.45, 7) is 2.15. The maximum Gasteiger partial charge on any atom is 0.303 e. The van der Waals surface area contributed by atoms with Gasteiger partial charge in [0.1, 0.15) is 0 Å². The molecule has 1 N–H and O–H groups in total. The van der Waals surface area contributed by atoms with Crippen LogP contribution in [-0.4, -0.2) is 11.1 Å². The summed E-state index contributed by atoms with van der Waals surface area (Å²) >= 11 is 0.